The van der Waals surface area contributed by atoms with Crippen LogP contribution in [-0.4, -0.2) is 27.5 Å². The van der Waals surface area contributed by atoms with Gasteiger partial charge in [-0.25, -0.2) is 0 Å². The third kappa shape index (κ3) is 2.83. The number of hydrogen-bond acceptors (Lipinski definition) is 3. The molecule has 2 bridgehead atoms. The molecule has 1 heterocycles. The van der Waals surface area contributed by atoms with Crippen molar-refractivity contribution in [1.82, 2.24) is 5.32 Å². The zero-order valence-corrected chi connectivity index (χ0v) is 15.2. The first-order chi connectivity index (χ1) is 10.8. The van der Waals surface area contributed by atoms with Gasteiger partial charge in [-0.05, 0) is 50.4 Å². The zero-order chi connectivity index (χ0) is 15.0. The van der Waals surface area contributed by atoms with Crippen molar-refractivity contribution >= 4 is 29.4 Å². The summed E-state index contributed by atoms with van der Waals surface area (Å²) in [6, 6.07) is 0.479. The Kier molecular flexibility index (Phi) is 4.69. The highest BCUT2D eigenvalue weighted by atomic mass is 32.2. The summed E-state index contributed by atoms with van der Waals surface area (Å²) in [6.45, 7) is 0. The minimum atomic E-state index is 0.310. The maximum Gasteiger partial charge on any atom is 0.223 e. The minimum Gasteiger partial charge on any atom is -0.353 e. The molecular weight excluding hydrogens is 310 g/mol. The summed E-state index contributed by atoms with van der Waals surface area (Å²) in [5.74, 6) is 4.95. The molecule has 1 spiro atoms. The van der Waals surface area contributed by atoms with Gasteiger partial charge in [-0.1, -0.05) is 25.7 Å². The summed E-state index contributed by atoms with van der Waals surface area (Å²) < 4.78 is 0.500. The largest absolute Gasteiger partial charge is 0.353 e. The maximum absolute atomic E-state index is 12.8. The first kappa shape index (κ1) is 15.7. The maximum atomic E-state index is 12.8. The Morgan fingerprint density at radius 3 is 2.14 bits per heavy atom. The van der Waals surface area contributed by atoms with Gasteiger partial charge in [-0.2, -0.15) is 0 Å². The summed E-state index contributed by atoms with van der Waals surface area (Å²) in [5, 5.41) is 3.40. The summed E-state index contributed by atoms with van der Waals surface area (Å²) >= 11 is 4.48. The van der Waals surface area contributed by atoms with Crippen LogP contribution in [0.4, 0.5) is 0 Å². The molecule has 4 heteroatoms. The van der Waals surface area contributed by atoms with Crippen molar-refractivity contribution < 1.29 is 4.79 Å². The fraction of sp³-hybridized carbons (Fsp3) is 0.944. The molecule has 1 aliphatic heterocycles. The van der Waals surface area contributed by atoms with E-state index >= 15 is 0 Å². The first-order valence-electron chi connectivity index (χ1n) is 9.36. The molecule has 3 aliphatic carbocycles. The van der Waals surface area contributed by atoms with E-state index in [4.69, 9.17) is 0 Å². The predicted octanol–water partition coefficient (Wildman–Crippen LogP) is 4.44. The Bertz CT molecular complexity index is 399. The number of thioether (sulfide) groups is 2. The third-order valence-electron chi connectivity index (χ3n) is 6.44. The van der Waals surface area contributed by atoms with Gasteiger partial charge in [0.1, 0.15) is 0 Å². The number of nitrogens with one attached hydrogen (secondary N) is 1. The van der Waals surface area contributed by atoms with Gasteiger partial charge in [-0.15, -0.1) is 23.5 Å². The highest BCUT2D eigenvalue weighted by Crippen LogP contribution is 2.64. The average Bonchev–Trinajstić information content (AvgIpc) is 2.97. The summed E-state index contributed by atoms with van der Waals surface area (Å²) in [5.41, 5.74) is 0. The van der Waals surface area contributed by atoms with Crippen molar-refractivity contribution in [3.63, 3.8) is 0 Å². The molecule has 124 valence electrons. The van der Waals surface area contributed by atoms with Crippen LogP contribution >= 0.6 is 23.5 Å². The number of carbonyl (C=O) groups is 1. The lowest BCUT2D eigenvalue weighted by atomic mass is 9.67. The monoisotopic (exact) mass is 339 g/mol. The van der Waals surface area contributed by atoms with Crippen molar-refractivity contribution in [2.75, 3.05) is 11.5 Å². The highest BCUT2D eigenvalue weighted by molar-refractivity contribution is 8.21. The fourth-order valence-corrected chi connectivity index (χ4v) is 9.33. The molecule has 1 amide bonds. The number of hydrogen-bond donors (Lipinski definition) is 1. The van der Waals surface area contributed by atoms with Crippen LogP contribution < -0.4 is 5.32 Å². The molecule has 0 aromatic rings. The number of carbonyl (C=O) groups excluding carboxylic acids is 1. The smallest absolute Gasteiger partial charge is 0.223 e. The Balaban J connectivity index is 1.41. The van der Waals surface area contributed by atoms with Crippen LogP contribution in [0.1, 0.15) is 64.2 Å². The topological polar surface area (TPSA) is 29.1 Å². The standard InChI is InChI=1S/C18H29NOS2/c20-17(19-16-7-2-1-3-8-16)13-11-14-5-4-6-15(12-13)18(14)21-9-10-22-18/h13-16H,1-12H2,(H,19,20). The average molecular weight is 340 g/mol. The third-order valence-corrected chi connectivity index (χ3v) is 10.5. The number of amides is 1. The van der Waals surface area contributed by atoms with Crippen LogP contribution in [-0.2, 0) is 4.79 Å². The van der Waals surface area contributed by atoms with E-state index < -0.39 is 0 Å². The lowest BCUT2D eigenvalue weighted by Gasteiger charge is -2.52. The molecule has 2 nitrogen and oxygen atoms in total. The number of rotatable bonds is 2. The zero-order valence-electron chi connectivity index (χ0n) is 13.5. The Morgan fingerprint density at radius 2 is 1.50 bits per heavy atom. The van der Waals surface area contributed by atoms with E-state index in [1.54, 1.807) is 0 Å². The molecule has 0 radical (unpaired) electrons. The molecular formula is C18H29NOS2. The van der Waals surface area contributed by atoms with E-state index in [1.165, 1.54) is 62.9 Å². The van der Waals surface area contributed by atoms with Gasteiger partial charge in [0.2, 0.25) is 5.91 Å². The Labute approximate surface area is 143 Å². The molecule has 4 aliphatic rings. The van der Waals surface area contributed by atoms with Crippen LogP contribution in [0, 0.1) is 17.8 Å². The second kappa shape index (κ2) is 6.58. The second-order valence-corrected chi connectivity index (χ2v) is 10.8. The van der Waals surface area contributed by atoms with E-state index in [9.17, 15) is 4.79 Å². The van der Waals surface area contributed by atoms with Crippen molar-refractivity contribution in [1.29, 1.82) is 0 Å². The molecule has 2 unspecified atom stereocenters. The van der Waals surface area contributed by atoms with Gasteiger partial charge in [-0.3, -0.25) is 4.79 Å². The lowest BCUT2D eigenvalue weighted by Crippen LogP contribution is -2.50. The Morgan fingerprint density at radius 1 is 0.864 bits per heavy atom. The van der Waals surface area contributed by atoms with Gasteiger partial charge in [0.25, 0.3) is 0 Å². The van der Waals surface area contributed by atoms with E-state index in [1.807, 2.05) is 0 Å². The van der Waals surface area contributed by atoms with Crippen molar-refractivity contribution in [3.8, 4) is 0 Å². The highest BCUT2D eigenvalue weighted by Gasteiger charge is 2.55. The van der Waals surface area contributed by atoms with Gasteiger partial charge in [0.05, 0.1) is 4.08 Å². The van der Waals surface area contributed by atoms with Crippen molar-refractivity contribution in [2.45, 2.75) is 74.3 Å². The molecule has 3 saturated carbocycles. The van der Waals surface area contributed by atoms with Crippen molar-refractivity contribution in [3.05, 3.63) is 0 Å². The molecule has 2 atom stereocenters. The molecule has 0 aromatic heterocycles. The van der Waals surface area contributed by atoms with Crippen LogP contribution in [0.2, 0.25) is 0 Å². The molecule has 22 heavy (non-hydrogen) atoms. The van der Waals surface area contributed by atoms with E-state index in [-0.39, 0.29) is 0 Å². The lowest BCUT2D eigenvalue weighted by molar-refractivity contribution is -0.128. The summed E-state index contributed by atoms with van der Waals surface area (Å²) in [7, 11) is 0. The SMILES string of the molecule is O=C(NC1CCCCC1)C1CC2CCCC(C1)C21SCCS1. The fourth-order valence-electron chi connectivity index (χ4n) is 5.39. The molecule has 1 N–H and O–H groups in total. The molecule has 0 aromatic carbocycles. The van der Waals surface area contributed by atoms with Gasteiger partial charge < -0.3 is 5.32 Å². The molecule has 1 saturated heterocycles. The van der Waals surface area contributed by atoms with Gasteiger partial charge in [0.15, 0.2) is 0 Å². The van der Waals surface area contributed by atoms with Crippen LogP contribution in [0.3, 0.4) is 0 Å². The quantitative estimate of drug-likeness (QED) is 0.806. The Hall–Kier alpha value is 0.170. The first-order valence-corrected chi connectivity index (χ1v) is 11.3. The van der Waals surface area contributed by atoms with Crippen LogP contribution in [0.15, 0.2) is 0 Å². The minimum absolute atomic E-state index is 0.310. The van der Waals surface area contributed by atoms with Crippen LogP contribution in [0.25, 0.3) is 0 Å². The molecule has 4 rings (SSSR count). The summed E-state index contributed by atoms with van der Waals surface area (Å²) in [4.78, 5) is 12.8. The van der Waals surface area contributed by atoms with E-state index in [0.29, 0.717) is 21.9 Å². The molecule has 4 fully saturated rings. The van der Waals surface area contributed by atoms with Crippen LogP contribution in [0.5, 0.6) is 0 Å². The normalized spacial score (nSPS) is 38.1. The van der Waals surface area contributed by atoms with Gasteiger partial charge >= 0.3 is 0 Å². The second-order valence-electron chi connectivity index (χ2n) is 7.75. The van der Waals surface area contributed by atoms with Crippen molar-refractivity contribution in [2.24, 2.45) is 17.8 Å². The van der Waals surface area contributed by atoms with E-state index in [2.05, 4.69) is 28.8 Å². The van der Waals surface area contributed by atoms with Gasteiger partial charge in [0, 0.05) is 23.5 Å². The predicted molar refractivity (Wildman–Crippen MR) is 96.2 cm³/mol. The summed E-state index contributed by atoms with van der Waals surface area (Å²) in [6.07, 6.45) is 12.8. The van der Waals surface area contributed by atoms with E-state index in [0.717, 1.165) is 24.7 Å².